The lowest BCUT2D eigenvalue weighted by molar-refractivity contribution is -0.118. The quantitative estimate of drug-likeness (QED) is 0.289. The number of ether oxygens (including phenoxy) is 1. The number of nitrogens with one attached hydrogen (secondary N) is 1. The fraction of sp³-hybridized carbons (Fsp3) is 0.0769. The number of carbonyl (C=O) groups is 1. The van der Waals surface area contributed by atoms with Crippen LogP contribution in [0, 0.1) is 6.92 Å². The summed E-state index contributed by atoms with van der Waals surface area (Å²) in [6.07, 6.45) is 0. The lowest BCUT2D eigenvalue weighted by Crippen LogP contribution is -2.20. The molecular weight excluding hydrogens is 459 g/mol. The largest absolute Gasteiger partial charge is 0.483 e. The van der Waals surface area contributed by atoms with Crippen molar-refractivity contribution in [3.05, 3.63) is 88.4 Å². The molecule has 0 bridgehead atoms. The molecule has 7 heteroatoms. The van der Waals surface area contributed by atoms with E-state index in [0.717, 1.165) is 21.9 Å². The van der Waals surface area contributed by atoms with Crippen LogP contribution >= 0.6 is 23.2 Å². The van der Waals surface area contributed by atoms with E-state index in [4.69, 9.17) is 32.4 Å². The molecule has 0 atom stereocenters. The molecule has 164 valence electrons. The van der Waals surface area contributed by atoms with Gasteiger partial charge in [-0.25, -0.2) is 4.98 Å². The standard InChI is InChI=1S/C26H18Cl2N2O3/c1-15-12-16(27)8-10-23(15)32-14-25(31)29-17-9-11-24-22(13-17)30-26(33-24)20-6-2-5-19-18(20)4-3-7-21(19)28/h2-13H,14H2,1H3,(H,29,31). The number of carbonyl (C=O) groups excluding carboxylic acids is 1. The molecule has 0 aliphatic rings. The first-order valence-electron chi connectivity index (χ1n) is 10.2. The maximum atomic E-state index is 12.4. The molecular formula is C26H18Cl2N2O3. The first-order valence-corrected chi connectivity index (χ1v) is 11.0. The second-order valence-electron chi connectivity index (χ2n) is 7.59. The molecule has 0 saturated carbocycles. The maximum absolute atomic E-state index is 12.4. The number of benzene rings is 4. The lowest BCUT2D eigenvalue weighted by Gasteiger charge is -2.09. The highest BCUT2D eigenvalue weighted by molar-refractivity contribution is 6.35. The van der Waals surface area contributed by atoms with E-state index in [1.807, 2.05) is 43.3 Å². The molecule has 0 saturated heterocycles. The summed E-state index contributed by atoms with van der Waals surface area (Å²) in [5.41, 5.74) is 3.57. The van der Waals surface area contributed by atoms with Crippen molar-refractivity contribution in [3.8, 4) is 17.2 Å². The van der Waals surface area contributed by atoms with Gasteiger partial charge in [-0.15, -0.1) is 0 Å². The highest BCUT2D eigenvalue weighted by atomic mass is 35.5. The molecule has 0 unspecified atom stereocenters. The normalized spacial score (nSPS) is 11.1. The number of aromatic nitrogens is 1. The summed E-state index contributed by atoms with van der Waals surface area (Å²) in [7, 11) is 0. The monoisotopic (exact) mass is 476 g/mol. The topological polar surface area (TPSA) is 64.4 Å². The number of amides is 1. The van der Waals surface area contributed by atoms with E-state index in [2.05, 4.69) is 10.3 Å². The molecule has 1 N–H and O–H groups in total. The fourth-order valence-corrected chi connectivity index (χ4v) is 4.16. The first kappa shape index (κ1) is 21.3. The molecule has 0 spiro atoms. The molecule has 1 heterocycles. The smallest absolute Gasteiger partial charge is 0.262 e. The minimum Gasteiger partial charge on any atom is -0.483 e. The Morgan fingerprint density at radius 1 is 1.00 bits per heavy atom. The minimum atomic E-state index is -0.281. The lowest BCUT2D eigenvalue weighted by atomic mass is 10.0. The van der Waals surface area contributed by atoms with Gasteiger partial charge in [-0.3, -0.25) is 4.79 Å². The minimum absolute atomic E-state index is 0.124. The zero-order valence-corrected chi connectivity index (χ0v) is 19.1. The van der Waals surface area contributed by atoms with Crippen molar-refractivity contribution >= 4 is 56.7 Å². The summed E-state index contributed by atoms with van der Waals surface area (Å²) in [5.74, 6) is 0.820. The van der Waals surface area contributed by atoms with Crippen LogP contribution in [0.1, 0.15) is 5.56 Å². The Balaban J connectivity index is 1.36. The van der Waals surface area contributed by atoms with Crippen LogP contribution in [0.3, 0.4) is 0 Å². The Kier molecular flexibility index (Phi) is 5.67. The summed E-state index contributed by atoms with van der Waals surface area (Å²) < 4.78 is 11.6. The number of fused-ring (bicyclic) bond motifs is 2. The fourth-order valence-electron chi connectivity index (χ4n) is 3.69. The van der Waals surface area contributed by atoms with Crippen LogP contribution in [0.15, 0.2) is 77.2 Å². The van der Waals surface area contributed by atoms with E-state index in [0.29, 0.717) is 38.5 Å². The Labute approximate surface area is 199 Å². The van der Waals surface area contributed by atoms with Gasteiger partial charge in [-0.2, -0.15) is 0 Å². The van der Waals surface area contributed by atoms with Crippen molar-refractivity contribution < 1.29 is 13.9 Å². The maximum Gasteiger partial charge on any atom is 0.262 e. The van der Waals surface area contributed by atoms with E-state index < -0.39 is 0 Å². The highest BCUT2D eigenvalue weighted by Crippen LogP contribution is 2.34. The summed E-state index contributed by atoms with van der Waals surface area (Å²) in [6, 6.07) is 22.1. The molecule has 5 nitrogen and oxygen atoms in total. The Morgan fingerprint density at radius 2 is 1.82 bits per heavy atom. The van der Waals surface area contributed by atoms with Crippen LogP contribution in [-0.4, -0.2) is 17.5 Å². The van der Waals surface area contributed by atoms with Crippen LogP contribution in [0.2, 0.25) is 10.0 Å². The van der Waals surface area contributed by atoms with Crippen LogP contribution in [0.5, 0.6) is 5.75 Å². The average Bonchev–Trinajstić information content (AvgIpc) is 3.22. The van der Waals surface area contributed by atoms with Crippen molar-refractivity contribution in [3.63, 3.8) is 0 Å². The zero-order valence-electron chi connectivity index (χ0n) is 17.6. The molecule has 33 heavy (non-hydrogen) atoms. The summed E-state index contributed by atoms with van der Waals surface area (Å²) in [6.45, 7) is 1.75. The third-order valence-electron chi connectivity index (χ3n) is 5.27. The number of anilines is 1. The zero-order chi connectivity index (χ0) is 22.9. The summed E-state index contributed by atoms with van der Waals surface area (Å²) in [4.78, 5) is 17.0. The average molecular weight is 477 g/mol. The van der Waals surface area contributed by atoms with Gasteiger partial charge in [0.15, 0.2) is 12.2 Å². The van der Waals surface area contributed by atoms with Crippen molar-refractivity contribution in [2.24, 2.45) is 0 Å². The van der Waals surface area contributed by atoms with Crippen molar-refractivity contribution in [2.45, 2.75) is 6.92 Å². The van der Waals surface area contributed by atoms with E-state index >= 15 is 0 Å². The van der Waals surface area contributed by atoms with Gasteiger partial charge >= 0.3 is 0 Å². The first-order chi connectivity index (χ1) is 16.0. The predicted molar refractivity (Wildman–Crippen MR) is 132 cm³/mol. The summed E-state index contributed by atoms with van der Waals surface area (Å²) >= 11 is 12.3. The van der Waals surface area contributed by atoms with E-state index in [-0.39, 0.29) is 12.5 Å². The van der Waals surface area contributed by atoms with E-state index in [1.165, 1.54) is 0 Å². The number of hydrogen-bond donors (Lipinski definition) is 1. The number of nitrogens with zero attached hydrogens (tertiary/aromatic N) is 1. The molecule has 0 radical (unpaired) electrons. The molecule has 5 rings (SSSR count). The van der Waals surface area contributed by atoms with Gasteiger partial charge < -0.3 is 14.5 Å². The number of aryl methyl sites for hydroxylation is 1. The van der Waals surface area contributed by atoms with Gasteiger partial charge in [0, 0.05) is 26.7 Å². The van der Waals surface area contributed by atoms with Gasteiger partial charge in [-0.05, 0) is 66.4 Å². The summed E-state index contributed by atoms with van der Waals surface area (Å²) in [5, 5.41) is 6.02. The molecule has 1 aromatic heterocycles. The Hall–Kier alpha value is -3.54. The van der Waals surface area contributed by atoms with E-state index in [1.54, 1.807) is 36.4 Å². The van der Waals surface area contributed by atoms with E-state index in [9.17, 15) is 4.79 Å². The molecule has 0 aliphatic carbocycles. The molecule has 1 amide bonds. The Morgan fingerprint density at radius 3 is 2.67 bits per heavy atom. The van der Waals surface area contributed by atoms with Crippen LogP contribution < -0.4 is 10.1 Å². The van der Waals surface area contributed by atoms with Crippen molar-refractivity contribution in [2.75, 3.05) is 11.9 Å². The highest BCUT2D eigenvalue weighted by Gasteiger charge is 2.14. The predicted octanol–water partition coefficient (Wildman–Crippen LogP) is 7.28. The number of halogens is 2. The molecule has 5 aromatic rings. The molecule has 4 aromatic carbocycles. The van der Waals surface area contributed by atoms with Gasteiger partial charge in [0.2, 0.25) is 5.89 Å². The number of oxazole rings is 1. The Bertz CT molecular complexity index is 1510. The number of hydrogen-bond acceptors (Lipinski definition) is 4. The third kappa shape index (κ3) is 4.38. The SMILES string of the molecule is Cc1cc(Cl)ccc1OCC(=O)Nc1ccc2oc(-c3cccc4c(Cl)cccc34)nc2c1. The molecule has 0 fully saturated rings. The van der Waals surface area contributed by atoms with Crippen LogP contribution in [0.25, 0.3) is 33.3 Å². The molecule has 0 aliphatic heterocycles. The third-order valence-corrected chi connectivity index (χ3v) is 5.83. The van der Waals surface area contributed by atoms with Crippen LogP contribution in [0.4, 0.5) is 5.69 Å². The van der Waals surface area contributed by atoms with Crippen LogP contribution in [-0.2, 0) is 4.79 Å². The number of rotatable bonds is 5. The second-order valence-corrected chi connectivity index (χ2v) is 8.43. The van der Waals surface area contributed by atoms with Gasteiger partial charge in [0.05, 0.1) is 0 Å². The van der Waals surface area contributed by atoms with Crippen molar-refractivity contribution in [1.82, 2.24) is 4.98 Å². The van der Waals surface area contributed by atoms with Gasteiger partial charge in [0.1, 0.15) is 11.3 Å². The van der Waals surface area contributed by atoms with Crippen molar-refractivity contribution in [1.29, 1.82) is 0 Å². The second kappa shape index (κ2) is 8.77. The van der Waals surface area contributed by atoms with Gasteiger partial charge in [-0.1, -0.05) is 47.5 Å². The van der Waals surface area contributed by atoms with Gasteiger partial charge in [0.25, 0.3) is 5.91 Å².